The average molecular weight is 423 g/mol. The average Bonchev–Trinajstić information content (AvgIpc) is 3.09. The van der Waals surface area contributed by atoms with E-state index in [9.17, 15) is 14.0 Å². The van der Waals surface area contributed by atoms with Gasteiger partial charge in [0.25, 0.3) is 5.91 Å². The molecular formula is C21H22FN7O2. The molecule has 2 aliphatic heterocycles. The molecule has 9 nitrogen and oxygen atoms in total. The van der Waals surface area contributed by atoms with Gasteiger partial charge in [0.15, 0.2) is 0 Å². The molecule has 2 aromatic rings. The SMILES string of the molecule is C=CCN1CCn2nc3c(c2C(=O)N1C)CN(C(=O)Nc1ccc(F)c(C#N)c1)CC3. The summed E-state index contributed by atoms with van der Waals surface area (Å²) in [6, 6.07) is 5.21. The second-order valence-corrected chi connectivity index (χ2v) is 7.44. The first-order valence-corrected chi connectivity index (χ1v) is 9.91. The van der Waals surface area contributed by atoms with Gasteiger partial charge in [-0.3, -0.25) is 14.5 Å². The first-order valence-electron chi connectivity index (χ1n) is 9.91. The molecule has 0 saturated carbocycles. The van der Waals surface area contributed by atoms with Crippen molar-refractivity contribution in [2.24, 2.45) is 0 Å². The van der Waals surface area contributed by atoms with Gasteiger partial charge in [0.2, 0.25) is 0 Å². The van der Waals surface area contributed by atoms with Gasteiger partial charge in [-0.05, 0) is 18.2 Å². The quantitative estimate of drug-likeness (QED) is 0.762. The third kappa shape index (κ3) is 3.75. The number of fused-ring (bicyclic) bond motifs is 3. The van der Waals surface area contributed by atoms with Crippen molar-refractivity contribution in [2.45, 2.75) is 19.5 Å². The molecule has 3 amide bonds. The maximum absolute atomic E-state index is 13.5. The van der Waals surface area contributed by atoms with Crippen LogP contribution < -0.4 is 5.32 Å². The van der Waals surface area contributed by atoms with Gasteiger partial charge in [0.05, 0.1) is 24.3 Å². The van der Waals surface area contributed by atoms with Crippen LogP contribution in [0.3, 0.4) is 0 Å². The number of carbonyl (C=O) groups excluding carboxylic acids is 2. The van der Waals surface area contributed by atoms with Crippen molar-refractivity contribution >= 4 is 17.6 Å². The zero-order valence-corrected chi connectivity index (χ0v) is 17.1. The Hall–Kier alpha value is -3.71. The number of urea groups is 1. The van der Waals surface area contributed by atoms with Gasteiger partial charge in [-0.2, -0.15) is 10.4 Å². The highest BCUT2D eigenvalue weighted by Crippen LogP contribution is 2.26. The Labute approximate surface area is 178 Å². The lowest BCUT2D eigenvalue weighted by molar-refractivity contribution is 0.0153. The summed E-state index contributed by atoms with van der Waals surface area (Å²) in [6.07, 6.45) is 2.27. The fourth-order valence-corrected chi connectivity index (χ4v) is 3.90. The van der Waals surface area contributed by atoms with E-state index in [2.05, 4.69) is 17.0 Å². The summed E-state index contributed by atoms with van der Waals surface area (Å²) in [5.74, 6) is -0.814. The Bertz CT molecular complexity index is 1100. The molecule has 2 aliphatic rings. The van der Waals surface area contributed by atoms with Crippen molar-refractivity contribution in [2.75, 3.05) is 32.0 Å². The molecule has 0 saturated heterocycles. The lowest BCUT2D eigenvalue weighted by Gasteiger charge is -2.30. The van der Waals surface area contributed by atoms with Crippen LogP contribution in [0.25, 0.3) is 0 Å². The third-order valence-electron chi connectivity index (χ3n) is 5.56. The van der Waals surface area contributed by atoms with E-state index in [-0.39, 0.29) is 24.0 Å². The number of aromatic nitrogens is 2. The normalized spacial score (nSPS) is 16.2. The number of amides is 3. The zero-order valence-electron chi connectivity index (χ0n) is 17.1. The monoisotopic (exact) mass is 423 g/mol. The highest BCUT2D eigenvalue weighted by atomic mass is 19.1. The summed E-state index contributed by atoms with van der Waals surface area (Å²) >= 11 is 0. The fourth-order valence-electron chi connectivity index (χ4n) is 3.90. The highest BCUT2D eigenvalue weighted by molar-refractivity contribution is 5.95. The van der Waals surface area contributed by atoms with Gasteiger partial charge in [0.1, 0.15) is 17.6 Å². The number of hydrogen-bond acceptors (Lipinski definition) is 5. The van der Waals surface area contributed by atoms with Crippen molar-refractivity contribution in [1.82, 2.24) is 24.7 Å². The summed E-state index contributed by atoms with van der Waals surface area (Å²) in [4.78, 5) is 27.5. The van der Waals surface area contributed by atoms with E-state index in [0.717, 1.165) is 17.3 Å². The number of hydrazine groups is 1. The summed E-state index contributed by atoms with van der Waals surface area (Å²) in [7, 11) is 1.72. The van der Waals surface area contributed by atoms with Crippen molar-refractivity contribution < 1.29 is 14.0 Å². The largest absolute Gasteiger partial charge is 0.322 e. The molecule has 0 unspecified atom stereocenters. The zero-order chi connectivity index (χ0) is 22.1. The predicted octanol–water partition coefficient (Wildman–Crippen LogP) is 1.97. The molecule has 1 aromatic carbocycles. The van der Waals surface area contributed by atoms with Crippen LogP contribution in [0.2, 0.25) is 0 Å². The number of nitriles is 1. The number of hydrogen-bond donors (Lipinski definition) is 1. The third-order valence-corrected chi connectivity index (χ3v) is 5.56. The second-order valence-electron chi connectivity index (χ2n) is 7.44. The van der Waals surface area contributed by atoms with Gasteiger partial charge < -0.3 is 10.2 Å². The Balaban J connectivity index is 1.55. The van der Waals surface area contributed by atoms with E-state index < -0.39 is 5.82 Å². The van der Waals surface area contributed by atoms with Crippen LogP contribution in [-0.2, 0) is 19.5 Å². The van der Waals surface area contributed by atoms with Crippen LogP contribution in [0.1, 0.15) is 27.3 Å². The number of anilines is 1. The van der Waals surface area contributed by atoms with E-state index in [1.165, 1.54) is 12.1 Å². The molecule has 0 bridgehead atoms. The van der Waals surface area contributed by atoms with Gasteiger partial charge in [-0.15, -0.1) is 6.58 Å². The van der Waals surface area contributed by atoms with Crippen LogP contribution in [0, 0.1) is 17.1 Å². The van der Waals surface area contributed by atoms with Crippen LogP contribution >= 0.6 is 0 Å². The molecule has 160 valence electrons. The number of halogens is 1. The molecule has 31 heavy (non-hydrogen) atoms. The van der Waals surface area contributed by atoms with Crippen LogP contribution in [0.15, 0.2) is 30.9 Å². The van der Waals surface area contributed by atoms with Gasteiger partial charge in [-0.1, -0.05) is 6.08 Å². The Morgan fingerprint density at radius 2 is 2.19 bits per heavy atom. The standard InChI is InChI=1S/C21H22FN7O2/c1-3-7-28-9-10-29-19(20(30)26(28)2)16-13-27(8-6-18(16)25-29)21(31)24-15-4-5-17(22)14(11-15)12-23/h3-5,11H,1,6-10,13H2,2H3,(H,24,31). The van der Waals surface area contributed by atoms with E-state index in [1.54, 1.807) is 33.8 Å². The van der Waals surface area contributed by atoms with E-state index in [1.807, 2.05) is 5.01 Å². The minimum atomic E-state index is -0.640. The van der Waals surface area contributed by atoms with Crippen molar-refractivity contribution in [3.05, 3.63) is 59.2 Å². The van der Waals surface area contributed by atoms with Crippen molar-refractivity contribution in [1.29, 1.82) is 5.26 Å². The van der Waals surface area contributed by atoms with Crippen LogP contribution in [0.4, 0.5) is 14.9 Å². The molecule has 0 atom stereocenters. The van der Waals surface area contributed by atoms with Crippen molar-refractivity contribution in [3.8, 4) is 6.07 Å². The van der Waals surface area contributed by atoms with Gasteiger partial charge in [0, 0.05) is 44.4 Å². The van der Waals surface area contributed by atoms with Crippen LogP contribution in [-0.4, -0.2) is 63.3 Å². The molecule has 1 N–H and O–H groups in total. The summed E-state index contributed by atoms with van der Waals surface area (Å²) < 4.78 is 15.3. The molecule has 0 fully saturated rings. The summed E-state index contributed by atoms with van der Waals surface area (Å²) in [5.41, 5.74) is 2.26. The highest BCUT2D eigenvalue weighted by Gasteiger charge is 2.34. The molecule has 4 rings (SSSR count). The molecule has 0 aliphatic carbocycles. The Morgan fingerprint density at radius 1 is 1.39 bits per heavy atom. The molecule has 0 radical (unpaired) electrons. The fraction of sp³-hybridized carbons (Fsp3) is 0.333. The predicted molar refractivity (Wildman–Crippen MR) is 110 cm³/mol. The topological polar surface area (TPSA) is 97.5 Å². The van der Waals surface area contributed by atoms with E-state index >= 15 is 0 Å². The molecule has 1 aromatic heterocycles. The number of rotatable bonds is 3. The molecule has 3 heterocycles. The minimum absolute atomic E-state index is 0.140. The number of benzene rings is 1. The van der Waals surface area contributed by atoms with Gasteiger partial charge in [-0.25, -0.2) is 14.2 Å². The summed E-state index contributed by atoms with van der Waals surface area (Å²) in [6.45, 7) is 6.15. The molecule has 0 spiro atoms. The maximum Gasteiger partial charge on any atom is 0.322 e. The van der Waals surface area contributed by atoms with E-state index in [0.29, 0.717) is 44.0 Å². The number of carbonyl (C=O) groups is 2. The molecular weight excluding hydrogens is 401 g/mol. The van der Waals surface area contributed by atoms with E-state index in [4.69, 9.17) is 5.26 Å². The van der Waals surface area contributed by atoms with Gasteiger partial charge >= 0.3 is 6.03 Å². The maximum atomic E-state index is 13.5. The first-order chi connectivity index (χ1) is 14.9. The van der Waals surface area contributed by atoms with Crippen molar-refractivity contribution in [3.63, 3.8) is 0 Å². The lowest BCUT2D eigenvalue weighted by atomic mass is 10.1. The Kier molecular flexibility index (Phi) is 5.44. The minimum Gasteiger partial charge on any atom is -0.320 e. The lowest BCUT2D eigenvalue weighted by Crippen LogP contribution is -2.44. The number of nitrogens with zero attached hydrogens (tertiary/aromatic N) is 6. The molecule has 10 heteroatoms. The van der Waals surface area contributed by atoms with Crippen LogP contribution in [0.5, 0.6) is 0 Å². The summed E-state index contributed by atoms with van der Waals surface area (Å²) in [5, 5.41) is 19.8. The Morgan fingerprint density at radius 3 is 2.94 bits per heavy atom. The smallest absolute Gasteiger partial charge is 0.320 e. The number of nitrogens with one attached hydrogen (secondary N) is 1. The first kappa shape index (κ1) is 20.6. The second kappa shape index (κ2) is 8.20.